The predicted octanol–water partition coefficient (Wildman–Crippen LogP) is 9.27. The first-order valence-electron chi connectivity index (χ1n) is 28.3. The van der Waals surface area contributed by atoms with Crippen LogP contribution < -0.4 is 0 Å². The molecule has 0 aromatic rings. The molecule has 418 valence electrons. The number of hydrogen-bond donors (Lipinski definition) is 0. The first-order valence-corrected chi connectivity index (χ1v) is 28.3. The SMILES string of the molecule is CCCOC.COCCCC(C)C.COCCCC1CCN(C(C)C)CC1.COCCN1CCCC1.COCCN1CCCCC1.COCCN1CCCCC1.COCCN1CCN(C(C)C)CC1. The highest BCUT2D eigenvalue weighted by molar-refractivity contribution is 4.75. The number of methoxy groups -OCH3 is 7. The first kappa shape index (κ1) is 70.6. The summed E-state index contributed by atoms with van der Waals surface area (Å²) in [5.41, 5.74) is 0. The monoisotopic (exact) mass is 991 g/mol. The van der Waals surface area contributed by atoms with Gasteiger partial charge < -0.3 is 52.8 Å². The smallest absolute Gasteiger partial charge is 0.0589 e. The number of hydrogen-bond acceptors (Lipinski definition) is 13. The Balaban J connectivity index is 0. The molecule has 0 atom stereocenters. The van der Waals surface area contributed by atoms with Crippen LogP contribution in [0.15, 0.2) is 0 Å². The molecule has 0 unspecified atom stereocenters. The van der Waals surface area contributed by atoms with Crippen LogP contribution in [-0.4, -0.2) is 242 Å². The standard InChI is InChI=1S/C12H25NO.C10H22N2O.2C8H17NO.C7H15NO.C7H16O.C4H10O/c1-11(2)13-8-6-12(7-9-13)5-4-10-14-3;1-10(2)12-6-4-11(5-7-12)8-9-13-3;2*1-10-8-7-9-5-3-2-4-6-9;1-9-7-6-8-4-2-3-5-8;1-7(2)5-4-6-8-3;1-3-4-5-2/h11-12H,4-10H2,1-3H3;10H,4-9H2,1-3H3;2*2-8H2,1H3;2-7H2,1H3;7H,4-6H2,1-3H3;3-4H2,1-2H3. The summed E-state index contributed by atoms with van der Waals surface area (Å²) in [5, 5.41) is 0. The third-order valence-electron chi connectivity index (χ3n) is 13.6. The van der Waals surface area contributed by atoms with Gasteiger partial charge in [-0.2, -0.15) is 0 Å². The second-order valence-corrected chi connectivity index (χ2v) is 20.5. The quantitative estimate of drug-likeness (QED) is 0.0864. The van der Waals surface area contributed by atoms with Crippen LogP contribution >= 0.6 is 0 Å². The Morgan fingerprint density at radius 1 is 0.362 bits per heavy atom. The van der Waals surface area contributed by atoms with Gasteiger partial charge in [0.2, 0.25) is 0 Å². The van der Waals surface area contributed by atoms with Crippen molar-refractivity contribution in [3.63, 3.8) is 0 Å². The van der Waals surface area contributed by atoms with E-state index in [9.17, 15) is 0 Å². The normalized spacial score (nSPS) is 18.9. The Hall–Kier alpha value is -0.520. The van der Waals surface area contributed by atoms with Crippen molar-refractivity contribution in [1.29, 1.82) is 0 Å². The van der Waals surface area contributed by atoms with Crippen LogP contribution in [0.5, 0.6) is 0 Å². The third-order valence-corrected chi connectivity index (χ3v) is 13.6. The van der Waals surface area contributed by atoms with Gasteiger partial charge in [0.1, 0.15) is 0 Å². The highest BCUT2D eigenvalue weighted by Gasteiger charge is 2.20. The predicted molar refractivity (Wildman–Crippen MR) is 296 cm³/mol. The molecule has 13 heteroatoms. The summed E-state index contributed by atoms with van der Waals surface area (Å²) in [4.78, 5) is 15.0. The molecule has 5 fully saturated rings. The third kappa shape index (κ3) is 47.0. The summed E-state index contributed by atoms with van der Waals surface area (Å²) in [6, 6.07) is 1.43. The average Bonchev–Trinajstić information content (AvgIpc) is 3.90. The molecule has 0 aromatic carbocycles. The fourth-order valence-corrected chi connectivity index (χ4v) is 8.87. The van der Waals surface area contributed by atoms with Crippen LogP contribution in [-0.2, 0) is 33.2 Å². The van der Waals surface area contributed by atoms with Crippen LogP contribution in [0.4, 0.5) is 0 Å². The lowest BCUT2D eigenvalue weighted by molar-refractivity contribution is 0.0828. The van der Waals surface area contributed by atoms with Crippen LogP contribution in [0.1, 0.15) is 145 Å². The summed E-state index contributed by atoms with van der Waals surface area (Å²) < 4.78 is 34.7. The lowest BCUT2D eigenvalue weighted by atomic mass is 9.92. The second kappa shape index (κ2) is 53.8. The molecule has 5 rings (SSSR count). The van der Waals surface area contributed by atoms with E-state index in [0.717, 1.165) is 96.7 Å². The number of nitrogens with zero attached hydrogens (tertiary/aromatic N) is 6. The van der Waals surface area contributed by atoms with Crippen molar-refractivity contribution in [2.45, 2.75) is 157 Å². The second-order valence-electron chi connectivity index (χ2n) is 20.5. The number of ether oxygens (including phenoxy) is 7. The molecule has 0 spiro atoms. The molecule has 0 aromatic heterocycles. The van der Waals surface area contributed by atoms with Crippen LogP contribution in [0.3, 0.4) is 0 Å². The molecule has 5 heterocycles. The van der Waals surface area contributed by atoms with E-state index in [4.69, 9.17) is 33.2 Å². The Kier molecular flexibility index (Phi) is 55.0. The van der Waals surface area contributed by atoms with E-state index in [-0.39, 0.29) is 0 Å². The summed E-state index contributed by atoms with van der Waals surface area (Å²) >= 11 is 0. The molecule has 0 aliphatic carbocycles. The highest BCUT2D eigenvalue weighted by atomic mass is 16.5. The van der Waals surface area contributed by atoms with Crippen molar-refractivity contribution in [1.82, 2.24) is 29.4 Å². The maximum atomic E-state index is 5.08. The van der Waals surface area contributed by atoms with Gasteiger partial charge in [0, 0.05) is 134 Å². The molecule has 0 saturated carbocycles. The maximum Gasteiger partial charge on any atom is 0.0589 e. The minimum absolute atomic E-state index is 0.699. The zero-order valence-corrected chi connectivity index (χ0v) is 48.7. The molecular weight excluding hydrogens is 869 g/mol. The lowest BCUT2D eigenvalue weighted by Gasteiger charge is -2.36. The molecule has 13 nitrogen and oxygen atoms in total. The molecule has 5 saturated heterocycles. The van der Waals surface area contributed by atoms with Gasteiger partial charge >= 0.3 is 0 Å². The van der Waals surface area contributed by atoms with E-state index in [1.54, 1.807) is 49.8 Å². The first-order chi connectivity index (χ1) is 33.5. The molecule has 0 bridgehead atoms. The summed E-state index contributed by atoms with van der Waals surface area (Å²) in [5.74, 6) is 1.78. The summed E-state index contributed by atoms with van der Waals surface area (Å²) in [6.45, 7) is 41.5. The molecule has 0 N–H and O–H groups in total. The van der Waals surface area contributed by atoms with Gasteiger partial charge in [-0.1, -0.05) is 33.6 Å². The van der Waals surface area contributed by atoms with E-state index in [1.807, 2.05) is 0 Å². The molecule has 5 aliphatic rings. The fraction of sp³-hybridized carbons (Fsp3) is 1.00. The number of rotatable bonds is 24. The van der Waals surface area contributed by atoms with Gasteiger partial charge in [-0.25, -0.2) is 0 Å². The minimum atomic E-state index is 0.699. The van der Waals surface area contributed by atoms with E-state index < -0.39 is 0 Å². The van der Waals surface area contributed by atoms with E-state index in [1.165, 1.54) is 168 Å². The van der Waals surface area contributed by atoms with Gasteiger partial charge in [-0.05, 0) is 175 Å². The highest BCUT2D eigenvalue weighted by Crippen LogP contribution is 2.23. The number of likely N-dealkylation sites (tertiary alicyclic amines) is 4. The van der Waals surface area contributed by atoms with Gasteiger partial charge in [-0.3, -0.25) is 9.80 Å². The van der Waals surface area contributed by atoms with Crippen molar-refractivity contribution in [3.05, 3.63) is 0 Å². The zero-order chi connectivity index (χ0) is 51.6. The van der Waals surface area contributed by atoms with E-state index >= 15 is 0 Å². The molecule has 5 aliphatic heterocycles. The zero-order valence-electron chi connectivity index (χ0n) is 48.7. The number of piperazine rings is 1. The van der Waals surface area contributed by atoms with Crippen LogP contribution in [0.25, 0.3) is 0 Å². The lowest BCUT2D eigenvalue weighted by Crippen LogP contribution is -2.49. The van der Waals surface area contributed by atoms with Crippen molar-refractivity contribution in [2.75, 3.05) is 201 Å². The maximum absolute atomic E-state index is 5.08. The summed E-state index contributed by atoms with van der Waals surface area (Å²) in [6.07, 6.45) is 20.1. The van der Waals surface area contributed by atoms with Crippen molar-refractivity contribution < 1.29 is 33.2 Å². The van der Waals surface area contributed by atoms with Crippen LogP contribution in [0.2, 0.25) is 0 Å². The Morgan fingerprint density at radius 2 is 0.681 bits per heavy atom. The van der Waals surface area contributed by atoms with Crippen molar-refractivity contribution in [2.24, 2.45) is 11.8 Å². The van der Waals surface area contributed by atoms with Gasteiger partial charge in [0.25, 0.3) is 0 Å². The minimum Gasteiger partial charge on any atom is -0.385 e. The van der Waals surface area contributed by atoms with Gasteiger partial charge in [0.05, 0.1) is 26.4 Å². The largest absolute Gasteiger partial charge is 0.385 e. The van der Waals surface area contributed by atoms with E-state index in [0.29, 0.717) is 6.04 Å². The van der Waals surface area contributed by atoms with Gasteiger partial charge in [-0.15, -0.1) is 0 Å². The Morgan fingerprint density at radius 3 is 0.986 bits per heavy atom. The summed E-state index contributed by atoms with van der Waals surface area (Å²) in [7, 11) is 12.3. The molecule has 69 heavy (non-hydrogen) atoms. The Bertz CT molecular complexity index is 931. The number of piperidine rings is 3. The molecular formula is C56H122N6O7. The fourth-order valence-electron chi connectivity index (χ4n) is 8.87. The van der Waals surface area contributed by atoms with E-state index in [2.05, 4.69) is 77.9 Å². The van der Waals surface area contributed by atoms with Crippen LogP contribution in [0, 0.1) is 11.8 Å². The van der Waals surface area contributed by atoms with Gasteiger partial charge in [0.15, 0.2) is 0 Å². The Labute approximate surface area is 430 Å². The topological polar surface area (TPSA) is 84.0 Å². The molecule has 0 radical (unpaired) electrons. The van der Waals surface area contributed by atoms with Crippen molar-refractivity contribution >= 4 is 0 Å². The van der Waals surface area contributed by atoms with Crippen molar-refractivity contribution in [3.8, 4) is 0 Å². The average molecular weight is 992 g/mol. The molecule has 0 amide bonds.